The molecule has 124 valence electrons. The Bertz CT molecular complexity index is 605. The molecule has 0 bridgehead atoms. The van der Waals surface area contributed by atoms with Gasteiger partial charge in [-0.25, -0.2) is 14.4 Å². The third-order valence-corrected chi connectivity index (χ3v) is 5.45. The highest BCUT2D eigenvalue weighted by Crippen LogP contribution is 2.27. The molecule has 0 amide bonds. The second-order valence-electron chi connectivity index (χ2n) is 6.03. The van der Waals surface area contributed by atoms with E-state index in [-0.39, 0.29) is 12.0 Å². The summed E-state index contributed by atoms with van der Waals surface area (Å²) in [6.07, 6.45) is 2.23. The van der Waals surface area contributed by atoms with E-state index < -0.39 is 16.0 Å². The van der Waals surface area contributed by atoms with E-state index in [2.05, 4.69) is 28.5 Å². The number of aromatic nitrogens is 2. The molecule has 2 rings (SSSR count). The minimum Gasteiger partial charge on any atom is -0.339 e. The first kappa shape index (κ1) is 17.0. The van der Waals surface area contributed by atoms with Crippen LogP contribution in [-0.4, -0.2) is 55.9 Å². The first-order valence-electron chi connectivity index (χ1n) is 7.13. The molecule has 0 aromatic carbocycles. The Morgan fingerprint density at radius 3 is 2.41 bits per heavy atom. The average molecular weight is 331 g/mol. The van der Waals surface area contributed by atoms with Crippen LogP contribution in [0.3, 0.4) is 0 Å². The number of hydrogen-bond acceptors (Lipinski definition) is 5. The van der Waals surface area contributed by atoms with Gasteiger partial charge in [0.05, 0.1) is 12.4 Å². The van der Waals surface area contributed by atoms with Gasteiger partial charge in [0.25, 0.3) is 10.2 Å². The van der Waals surface area contributed by atoms with Gasteiger partial charge in [0.15, 0.2) is 5.82 Å². The highest BCUT2D eigenvalue weighted by molar-refractivity contribution is 7.87. The standard InChI is InChI=1S/C13H22FN5O2S/c1-9(2)11-7-19(13-15-5-10(14)6-16-13)8-12(11)17-22(20,21)18(3)4/h5-6,9,11-12,17H,7-8H2,1-4H3/t11-,12+/m0/s1. The topological polar surface area (TPSA) is 78.4 Å². The number of halogens is 1. The summed E-state index contributed by atoms with van der Waals surface area (Å²) in [4.78, 5) is 9.83. The predicted molar refractivity (Wildman–Crippen MR) is 82.1 cm³/mol. The third-order valence-electron chi connectivity index (χ3n) is 3.89. The highest BCUT2D eigenvalue weighted by atomic mass is 32.2. The zero-order valence-electron chi connectivity index (χ0n) is 13.2. The fourth-order valence-corrected chi connectivity index (χ4v) is 3.40. The molecule has 22 heavy (non-hydrogen) atoms. The van der Waals surface area contributed by atoms with Crippen LogP contribution in [0.15, 0.2) is 12.4 Å². The molecule has 0 aliphatic carbocycles. The number of nitrogens with zero attached hydrogens (tertiary/aromatic N) is 4. The molecule has 0 saturated carbocycles. The van der Waals surface area contributed by atoms with Gasteiger partial charge in [-0.2, -0.15) is 17.4 Å². The summed E-state index contributed by atoms with van der Waals surface area (Å²) in [7, 11) is -0.527. The molecule has 2 atom stereocenters. The number of rotatable bonds is 5. The summed E-state index contributed by atoms with van der Waals surface area (Å²) in [5.41, 5.74) is 0. The van der Waals surface area contributed by atoms with E-state index in [0.717, 1.165) is 16.7 Å². The largest absolute Gasteiger partial charge is 0.339 e. The van der Waals surface area contributed by atoms with Crippen LogP contribution in [-0.2, 0) is 10.2 Å². The SMILES string of the molecule is CC(C)[C@@H]1CN(c2ncc(F)cn2)C[C@H]1NS(=O)(=O)N(C)C. The van der Waals surface area contributed by atoms with Crippen LogP contribution in [0.2, 0.25) is 0 Å². The van der Waals surface area contributed by atoms with Gasteiger partial charge in [0.2, 0.25) is 5.95 Å². The fourth-order valence-electron chi connectivity index (χ4n) is 2.56. The zero-order valence-corrected chi connectivity index (χ0v) is 14.0. The maximum atomic E-state index is 12.9. The van der Waals surface area contributed by atoms with E-state index in [0.29, 0.717) is 25.0 Å². The Labute approximate surface area is 130 Å². The van der Waals surface area contributed by atoms with Crippen molar-refractivity contribution in [2.45, 2.75) is 19.9 Å². The zero-order chi connectivity index (χ0) is 16.5. The predicted octanol–water partition coefficient (Wildman–Crippen LogP) is 0.473. The Morgan fingerprint density at radius 1 is 1.32 bits per heavy atom. The van der Waals surface area contributed by atoms with Crippen molar-refractivity contribution in [3.8, 4) is 0 Å². The van der Waals surface area contributed by atoms with Crippen molar-refractivity contribution in [1.29, 1.82) is 0 Å². The van der Waals surface area contributed by atoms with Crippen LogP contribution in [0, 0.1) is 17.7 Å². The third kappa shape index (κ3) is 3.71. The lowest BCUT2D eigenvalue weighted by Gasteiger charge is -2.24. The average Bonchev–Trinajstić information content (AvgIpc) is 2.82. The van der Waals surface area contributed by atoms with Gasteiger partial charge in [-0.05, 0) is 11.8 Å². The van der Waals surface area contributed by atoms with Crippen LogP contribution >= 0.6 is 0 Å². The van der Waals surface area contributed by atoms with Crippen molar-refractivity contribution in [1.82, 2.24) is 19.0 Å². The molecule has 1 aliphatic heterocycles. The van der Waals surface area contributed by atoms with Gasteiger partial charge in [0, 0.05) is 33.2 Å². The van der Waals surface area contributed by atoms with Crippen molar-refractivity contribution in [2.75, 3.05) is 32.1 Å². The van der Waals surface area contributed by atoms with Crippen LogP contribution < -0.4 is 9.62 Å². The lowest BCUT2D eigenvalue weighted by molar-refractivity contribution is 0.358. The van der Waals surface area contributed by atoms with E-state index in [1.54, 1.807) is 0 Å². The van der Waals surface area contributed by atoms with Crippen molar-refractivity contribution in [3.05, 3.63) is 18.2 Å². The Kier molecular flexibility index (Phi) is 4.98. The molecule has 1 fully saturated rings. The molecule has 0 radical (unpaired) electrons. The molecule has 7 nitrogen and oxygen atoms in total. The van der Waals surface area contributed by atoms with E-state index in [1.807, 2.05) is 4.90 Å². The summed E-state index contributed by atoms with van der Waals surface area (Å²) >= 11 is 0. The van der Waals surface area contributed by atoms with Crippen molar-refractivity contribution < 1.29 is 12.8 Å². The number of anilines is 1. The summed E-state index contributed by atoms with van der Waals surface area (Å²) < 4.78 is 40.9. The van der Waals surface area contributed by atoms with Gasteiger partial charge in [0.1, 0.15) is 0 Å². The molecule has 0 spiro atoms. The molecular formula is C13H22FN5O2S. The second-order valence-corrected chi connectivity index (χ2v) is 7.94. The first-order valence-corrected chi connectivity index (χ1v) is 8.57. The van der Waals surface area contributed by atoms with Crippen molar-refractivity contribution in [2.24, 2.45) is 11.8 Å². The van der Waals surface area contributed by atoms with Gasteiger partial charge in [-0.3, -0.25) is 0 Å². The van der Waals surface area contributed by atoms with E-state index in [4.69, 9.17) is 0 Å². The van der Waals surface area contributed by atoms with Crippen molar-refractivity contribution in [3.63, 3.8) is 0 Å². The Balaban J connectivity index is 2.18. The van der Waals surface area contributed by atoms with Gasteiger partial charge in [-0.15, -0.1) is 0 Å². The van der Waals surface area contributed by atoms with E-state index >= 15 is 0 Å². The Hall–Kier alpha value is -1.32. The van der Waals surface area contributed by atoms with Gasteiger partial charge < -0.3 is 4.90 Å². The van der Waals surface area contributed by atoms with E-state index in [9.17, 15) is 12.8 Å². The van der Waals surface area contributed by atoms with Crippen LogP contribution in [0.5, 0.6) is 0 Å². The van der Waals surface area contributed by atoms with Crippen LogP contribution in [0.4, 0.5) is 10.3 Å². The summed E-state index contributed by atoms with van der Waals surface area (Å²) in [5, 5.41) is 0. The normalized spacial score (nSPS) is 22.8. The monoisotopic (exact) mass is 331 g/mol. The molecule has 1 aliphatic rings. The number of nitrogens with one attached hydrogen (secondary N) is 1. The minimum atomic E-state index is -3.50. The summed E-state index contributed by atoms with van der Waals surface area (Å²) in [6, 6.07) is -0.235. The minimum absolute atomic E-state index is 0.128. The molecule has 1 saturated heterocycles. The lowest BCUT2D eigenvalue weighted by atomic mass is 9.92. The molecular weight excluding hydrogens is 309 g/mol. The summed E-state index contributed by atoms with van der Waals surface area (Å²) in [5.74, 6) is 0.343. The second kappa shape index (κ2) is 6.43. The fraction of sp³-hybridized carbons (Fsp3) is 0.692. The molecule has 1 N–H and O–H groups in total. The van der Waals surface area contributed by atoms with Crippen LogP contribution in [0.25, 0.3) is 0 Å². The maximum absolute atomic E-state index is 12.9. The Morgan fingerprint density at radius 2 is 1.91 bits per heavy atom. The maximum Gasteiger partial charge on any atom is 0.279 e. The molecule has 2 heterocycles. The van der Waals surface area contributed by atoms with Gasteiger partial charge in [-0.1, -0.05) is 13.8 Å². The highest BCUT2D eigenvalue weighted by Gasteiger charge is 2.38. The van der Waals surface area contributed by atoms with E-state index in [1.165, 1.54) is 14.1 Å². The first-order chi connectivity index (χ1) is 10.2. The van der Waals surface area contributed by atoms with Gasteiger partial charge >= 0.3 is 0 Å². The number of hydrogen-bond donors (Lipinski definition) is 1. The van der Waals surface area contributed by atoms with Crippen LogP contribution in [0.1, 0.15) is 13.8 Å². The van der Waals surface area contributed by atoms with Crippen molar-refractivity contribution >= 4 is 16.2 Å². The molecule has 0 unspecified atom stereocenters. The molecule has 1 aromatic rings. The quantitative estimate of drug-likeness (QED) is 0.849. The molecule has 1 aromatic heterocycles. The summed E-state index contributed by atoms with van der Waals surface area (Å²) in [6.45, 7) is 5.19. The smallest absolute Gasteiger partial charge is 0.279 e. The lowest BCUT2D eigenvalue weighted by Crippen LogP contribution is -2.46. The molecule has 9 heteroatoms.